The number of amides is 1. The summed E-state index contributed by atoms with van der Waals surface area (Å²) in [6.07, 6.45) is 0. The number of hydrogen-bond acceptors (Lipinski definition) is 7. The van der Waals surface area contributed by atoms with E-state index in [2.05, 4.69) is 25.2 Å². The van der Waals surface area contributed by atoms with Gasteiger partial charge in [0.05, 0.1) is 17.7 Å². The Morgan fingerprint density at radius 2 is 2.44 bits per heavy atom. The van der Waals surface area contributed by atoms with Gasteiger partial charge in [-0.15, -0.1) is 11.3 Å². The van der Waals surface area contributed by atoms with Gasteiger partial charge in [-0.3, -0.25) is 4.79 Å². The van der Waals surface area contributed by atoms with Crippen molar-refractivity contribution in [2.75, 3.05) is 5.73 Å². The highest BCUT2D eigenvalue weighted by Crippen LogP contribution is 2.12. The average molecular weight is 239 g/mol. The number of carbonyl (C=O) groups excluding carboxylic acids is 1. The fourth-order valence-corrected chi connectivity index (χ4v) is 1.81. The van der Waals surface area contributed by atoms with Crippen LogP contribution < -0.4 is 11.1 Å². The van der Waals surface area contributed by atoms with E-state index in [1.165, 1.54) is 11.3 Å². The highest BCUT2D eigenvalue weighted by Gasteiger charge is 2.15. The SMILES string of the molecule is Cc1ncsc1CNC(=O)c1nonc1N. The number of thiazole rings is 1. The summed E-state index contributed by atoms with van der Waals surface area (Å²) in [5, 5.41) is 9.38. The molecule has 0 radical (unpaired) electrons. The van der Waals surface area contributed by atoms with Gasteiger partial charge in [0.1, 0.15) is 0 Å². The van der Waals surface area contributed by atoms with E-state index in [9.17, 15) is 4.79 Å². The first-order valence-electron chi connectivity index (χ1n) is 4.43. The Hall–Kier alpha value is -1.96. The molecule has 1 amide bonds. The van der Waals surface area contributed by atoms with Gasteiger partial charge in [-0.2, -0.15) is 0 Å². The molecule has 2 aromatic heterocycles. The van der Waals surface area contributed by atoms with Gasteiger partial charge in [-0.1, -0.05) is 0 Å². The van der Waals surface area contributed by atoms with Gasteiger partial charge in [-0.25, -0.2) is 9.61 Å². The third kappa shape index (κ3) is 2.01. The molecule has 3 N–H and O–H groups in total. The van der Waals surface area contributed by atoms with Gasteiger partial charge in [0, 0.05) is 4.88 Å². The quantitative estimate of drug-likeness (QED) is 0.800. The molecule has 8 heteroatoms. The Morgan fingerprint density at radius 3 is 3.00 bits per heavy atom. The average Bonchev–Trinajstić information content (AvgIpc) is 2.84. The smallest absolute Gasteiger partial charge is 0.277 e. The lowest BCUT2D eigenvalue weighted by Crippen LogP contribution is -2.24. The molecule has 2 aromatic rings. The first-order chi connectivity index (χ1) is 7.68. The number of carbonyl (C=O) groups is 1. The molecule has 0 aromatic carbocycles. The number of nitrogens with two attached hydrogens (primary N) is 1. The molecular weight excluding hydrogens is 230 g/mol. The van der Waals surface area contributed by atoms with Crippen LogP contribution >= 0.6 is 11.3 Å². The van der Waals surface area contributed by atoms with E-state index in [1.807, 2.05) is 6.92 Å². The minimum absolute atomic E-state index is 0.00201. The van der Waals surface area contributed by atoms with Crippen LogP contribution in [0, 0.1) is 6.92 Å². The van der Waals surface area contributed by atoms with Crippen LogP contribution in [0.15, 0.2) is 10.1 Å². The zero-order valence-corrected chi connectivity index (χ0v) is 9.24. The predicted molar refractivity (Wildman–Crippen MR) is 56.7 cm³/mol. The third-order valence-corrected chi connectivity index (χ3v) is 2.92. The van der Waals surface area contributed by atoms with Crippen molar-refractivity contribution >= 4 is 23.1 Å². The summed E-state index contributed by atoms with van der Waals surface area (Å²) in [6, 6.07) is 0. The fraction of sp³-hybridized carbons (Fsp3) is 0.250. The maximum Gasteiger partial charge on any atom is 0.277 e. The van der Waals surface area contributed by atoms with Crippen molar-refractivity contribution in [2.24, 2.45) is 0 Å². The van der Waals surface area contributed by atoms with E-state index in [1.54, 1.807) is 5.51 Å². The first-order valence-corrected chi connectivity index (χ1v) is 5.31. The number of nitrogens with zero attached hydrogens (tertiary/aromatic N) is 3. The molecule has 84 valence electrons. The van der Waals surface area contributed by atoms with Crippen LogP contribution in [0.4, 0.5) is 5.82 Å². The van der Waals surface area contributed by atoms with Crippen LogP contribution in [0.1, 0.15) is 21.1 Å². The number of anilines is 1. The highest BCUT2D eigenvalue weighted by molar-refractivity contribution is 7.09. The second-order valence-corrected chi connectivity index (χ2v) is 3.98. The van der Waals surface area contributed by atoms with E-state index < -0.39 is 5.91 Å². The van der Waals surface area contributed by atoms with Crippen LogP contribution in [0.5, 0.6) is 0 Å². The fourth-order valence-electron chi connectivity index (χ4n) is 1.09. The summed E-state index contributed by atoms with van der Waals surface area (Å²) >= 11 is 1.48. The monoisotopic (exact) mass is 239 g/mol. The molecule has 0 spiro atoms. The van der Waals surface area contributed by atoms with Crippen molar-refractivity contribution in [3.63, 3.8) is 0 Å². The van der Waals surface area contributed by atoms with E-state index in [0.717, 1.165) is 10.6 Å². The van der Waals surface area contributed by atoms with Crippen molar-refractivity contribution in [1.82, 2.24) is 20.6 Å². The van der Waals surface area contributed by atoms with Crippen molar-refractivity contribution in [1.29, 1.82) is 0 Å². The van der Waals surface area contributed by atoms with Crippen LogP contribution in [0.2, 0.25) is 0 Å². The van der Waals surface area contributed by atoms with Crippen LogP contribution in [-0.2, 0) is 6.54 Å². The second kappa shape index (κ2) is 4.27. The zero-order valence-electron chi connectivity index (χ0n) is 8.43. The van der Waals surface area contributed by atoms with Crippen LogP contribution in [0.3, 0.4) is 0 Å². The predicted octanol–water partition coefficient (Wildman–Crippen LogP) is 0.347. The zero-order chi connectivity index (χ0) is 11.5. The molecule has 2 heterocycles. The van der Waals surface area contributed by atoms with Crippen molar-refractivity contribution in [3.05, 3.63) is 21.8 Å². The normalized spacial score (nSPS) is 10.3. The Labute approximate surface area is 94.6 Å². The van der Waals surface area contributed by atoms with Crippen molar-refractivity contribution < 1.29 is 9.42 Å². The molecule has 0 saturated carbocycles. The molecule has 0 atom stereocenters. The lowest BCUT2D eigenvalue weighted by atomic mass is 10.3. The summed E-state index contributed by atoms with van der Waals surface area (Å²) in [5.74, 6) is -0.426. The summed E-state index contributed by atoms with van der Waals surface area (Å²) in [6.45, 7) is 2.27. The van der Waals surface area contributed by atoms with Crippen LogP contribution in [0.25, 0.3) is 0 Å². The van der Waals surface area contributed by atoms with Gasteiger partial charge >= 0.3 is 0 Å². The molecule has 0 aliphatic heterocycles. The Bertz CT molecular complexity index is 506. The van der Waals surface area contributed by atoms with Crippen molar-refractivity contribution in [3.8, 4) is 0 Å². The van der Waals surface area contributed by atoms with E-state index in [-0.39, 0.29) is 11.5 Å². The van der Waals surface area contributed by atoms with Gasteiger partial charge in [-0.05, 0) is 17.2 Å². The van der Waals surface area contributed by atoms with Gasteiger partial charge < -0.3 is 11.1 Å². The summed E-state index contributed by atoms with van der Waals surface area (Å²) in [5.41, 5.74) is 8.01. The maximum atomic E-state index is 11.6. The largest absolute Gasteiger partial charge is 0.379 e. The number of aryl methyl sites for hydroxylation is 1. The molecule has 0 saturated heterocycles. The molecule has 7 nitrogen and oxygen atoms in total. The number of rotatable bonds is 3. The molecule has 2 rings (SSSR count). The second-order valence-electron chi connectivity index (χ2n) is 3.04. The van der Waals surface area contributed by atoms with E-state index >= 15 is 0 Å². The van der Waals surface area contributed by atoms with E-state index in [4.69, 9.17) is 5.73 Å². The number of hydrogen-bond donors (Lipinski definition) is 2. The topological polar surface area (TPSA) is 107 Å². The lowest BCUT2D eigenvalue weighted by Gasteiger charge is -2.00. The summed E-state index contributed by atoms with van der Waals surface area (Å²) in [7, 11) is 0. The highest BCUT2D eigenvalue weighted by atomic mass is 32.1. The molecular formula is C8H9N5O2S. The maximum absolute atomic E-state index is 11.6. The minimum atomic E-state index is -0.411. The van der Waals surface area contributed by atoms with Crippen molar-refractivity contribution in [2.45, 2.75) is 13.5 Å². The minimum Gasteiger partial charge on any atom is -0.379 e. The summed E-state index contributed by atoms with van der Waals surface area (Å²) in [4.78, 5) is 16.6. The standard InChI is InChI=1S/C8H9N5O2S/c1-4-5(16-3-11-4)2-10-8(14)6-7(9)13-15-12-6/h3H,2H2,1H3,(H2,9,13)(H,10,14). The van der Waals surface area contributed by atoms with Gasteiger partial charge in [0.2, 0.25) is 11.5 Å². The Morgan fingerprint density at radius 1 is 1.62 bits per heavy atom. The molecule has 0 aliphatic carbocycles. The van der Waals surface area contributed by atoms with E-state index in [0.29, 0.717) is 6.54 Å². The number of nitrogen functional groups attached to an aromatic ring is 1. The molecule has 0 fully saturated rings. The Balaban J connectivity index is 1.99. The third-order valence-electron chi connectivity index (χ3n) is 1.98. The molecule has 0 unspecified atom stereocenters. The van der Waals surface area contributed by atoms with Crippen LogP contribution in [-0.4, -0.2) is 21.2 Å². The van der Waals surface area contributed by atoms with Gasteiger partial charge in [0.15, 0.2) is 0 Å². The molecule has 0 aliphatic rings. The number of nitrogens with one attached hydrogen (secondary N) is 1. The Kier molecular flexibility index (Phi) is 2.82. The molecule has 16 heavy (non-hydrogen) atoms. The van der Waals surface area contributed by atoms with Gasteiger partial charge in [0.25, 0.3) is 5.91 Å². The lowest BCUT2D eigenvalue weighted by molar-refractivity contribution is 0.0942. The first kappa shape index (κ1) is 10.6. The summed E-state index contributed by atoms with van der Waals surface area (Å²) < 4.78 is 4.33. The number of aromatic nitrogens is 3. The molecule has 0 bridgehead atoms.